The predicted octanol–water partition coefficient (Wildman–Crippen LogP) is 4.70. The highest BCUT2D eigenvalue weighted by Crippen LogP contribution is 2.28. The van der Waals surface area contributed by atoms with E-state index in [1.165, 1.54) is 41.3 Å². The molecule has 0 unspecified atom stereocenters. The summed E-state index contributed by atoms with van der Waals surface area (Å²) in [6, 6.07) is 13.7. The van der Waals surface area contributed by atoms with Crippen LogP contribution in [0.4, 0.5) is 15.2 Å². The summed E-state index contributed by atoms with van der Waals surface area (Å²) in [7, 11) is 0. The molecule has 0 bridgehead atoms. The van der Waals surface area contributed by atoms with Gasteiger partial charge < -0.3 is 5.32 Å². The number of halogens is 1. The third kappa shape index (κ3) is 4.39. The molecule has 0 saturated heterocycles. The maximum atomic E-state index is 13.1. The zero-order chi connectivity index (χ0) is 16.9. The topological polar surface area (TPSA) is 54.9 Å². The van der Waals surface area contributed by atoms with E-state index in [0.29, 0.717) is 15.0 Å². The minimum absolute atomic E-state index is 0.136. The number of Topliss-reactive ketones (excluding diaryl/α,β-unsaturated/α-hetero) is 1. The molecule has 0 spiro atoms. The number of thioether (sulfide) groups is 1. The predicted molar refractivity (Wildman–Crippen MR) is 95.8 cm³/mol. The summed E-state index contributed by atoms with van der Waals surface area (Å²) in [6.07, 6.45) is 0. The van der Waals surface area contributed by atoms with Crippen LogP contribution in [0.25, 0.3) is 0 Å². The fraction of sp³-hybridized carbons (Fsp3) is 0.118. The van der Waals surface area contributed by atoms with Crippen molar-refractivity contribution < 1.29 is 9.18 Å². The molecule has 0 aliphatic carbocycles. The lowest BCUT2D eigenvalue weighted by Crippen LogP contribution is -2.02. The first-order valence-corrected chi connectivity index (χ1v) is 8.99. The van der Waals surface area contributed by atoms with Crippen molar-refractivity contribution >= 4 is 39.7 Å². The molecule has 0 aliphatic heterocycles. The molecule has 1 aromatic heterocycles. The van der Waals surface area contributed by atoms with Crippen molar-refractivity contribution in [3.05, 3.63) is 65.5 Å². The molecule has 0 saturated carbocycles. The van der Waals surface area contributed by atoms with Crippen LogP contribution in [0.2, 0.25) is 0 Å². The second-order valence-corrected chi connectivity index (χ2v) is 7.29. The molecule has 3 rings (SSSR count). The lowest BCUT2D eigenvalue weighted by atomic mass is 10.1. The number of nitrogens with one attached hydrogen (secondary N) is 1. The standard InChI is InChI=1S/C17H14FN3OS2/c1-11-4-2-7-14(8-11)19-16-20-21-17(24-16)23-10-15(22)12-5-3-6-13(18)9-12/h2-9H,10H2,1H3,(H,19,20). The van der Waals surface area contributed by atoms with Crippen molar-refractivity contribution in [2.45, 2.75) is 11.3 Å². The van der Waals surface area contributed by atoms with Crippen LogP contribution in [-0.2, 0) is 0 Å². The van der Waals surface area contributed by atoms with E-state index in [1.54, 1.807) is 6.07 Å². The van der Waals surface area contributed by atoms with E-state index in [4.69, 9.17) is 0 Å². The summed E-state index contributed by atoms with van der Waals surface area (Å²) in [5, 5.41) is 12.0. The van der Waals surface area contributed by atoms with E-state index in [9.17, 15) is 9.18 Å². The van der Waals surface area contributed by atoms with Crippen LogP contribution in [-0.4, -0.2) is 21.7 Å². The Hall–Kier alpha value is -2.25. The first kappa shape index (κ1) is 16.6. The number of rotatable bonds is 6. The summed E-state index contributed by atoms with van der Waals surface area (Å²) in [6.45, 7) is 2.02. The molecule has 1 heterocycles. The van der Waals surface area contributed by atoms with E-state index in [0.717, 1.165) is 11.3 Å². The van der Waals surface area contributed by atoms with Gasteiger partial charge in [0.15, 0.2) is 10.1 Å². The Kier molecular flexibility index (Phi) is 5.22. The Bertz CT molecular complexity index is 866. The van der Waals surface area contributed by atoms with Gasteiger partial charge in [0, 0.05) is 11.3 Å². The molecular weight excluding hydrogens is 345 g/mol. The first-order valence-electron chi connectivity index (χ1n) is 7.19. The third-order valence-corrected chi connectivity index (χ3v) is 5.12. The Morgan fingerprint density at radius 2 is 2.04 bits per heavy atom. The van der Waals surface area contributed by atoms with Gasteiger partial charge >= 0.3 is 0 Å². The quantitative estimate of drug-likeness (QED) is 0.510. The molecule has 0 aliphatic rings. The largest absolute Gasteiger partial charge is 0.330 e. The molecule has 0 radical (unpaired) electrons. The molecule has 1 N–H and O–H groups in total. The molecule has 24 heavy (non-hydrogen) atoms. The smallest absolute Gasteiger partial charge is 0.210 e. The van der Waals surface area contributed by atoms with Crippen molar-refractivity contribution in [2.75, 3.05) is 11.1 Å². The molecule has 2 aromatic carbocycles. The van der Waals surface area contributed by atoms with Crippen LogP contribution in [0.15, 0.2) is 52.9 Å². The molecule has 0 atom stereocenters. The monoisotopic (exact) mass is 359 g/mol. The van der Waals surface area contributed by atoms with Crippen LogP contribution in [0.1, 0.15) is 15.9 Å². The van der Waals surface area contributed by atoms with Gasteiger partial charge in [0.25, 0.3) is 0 Å². The van der Waals surface area contributed by atoms with Gasteiger partial charge in [-0.2, -0.15) is 0 Å². The highest BCUT2D eigenvalue weighted by molar-refractivity contribution is 8.01. The van der Waals surface area contributed by atoms with Crippen LogP contribution in [0.3, 0.4) is 0 Å². The number of carbonyl (C=O) groups is 1. The normalized spacial score (nSPS) is 10.6. The first-order chi connectivity index (χ1) is 11.6. The Morgan fingerprint density at radius 1 is 1.21 bits per heavy atom. The van der Waals surface area contributed by atoms with Gasteiger partial charge in [-0.25, -0.2) is 4.39 Å². The van der Waals surface area contributed by atoms with Gasteiger partial charge in [-0.05, 0) is 36.8 Å². The average Bonchev–Trinajstić information content (AvgIpc) is 3.00. The minimum Gasteiger partial charge on any atom is -0.330 e. The number of nitrogens with zero attached hydrogens (tertiary/aromatic N) is 2. The van der Waals surface area contributed by atoms with Crippen molar-refractivity contribution in [2.24, 2.45) is 0 Å². The van der Waals surface area contributed by atoms with Gasteiger partial charge in [0.2, 0.25) is 5.13 Å². The van der Waals surface area contributed by atoms with E-state index < -0.39 is 5.82 Å². The third-order valence-electron chi connectivity index (χ3n) is 3.15. The zero-order valence-corrected chi connectivity index (χ0v) is 14.5. The van der Waals surface area contributed by atoms with Gasteiger partial charge in [-0.3, -0.25) is 4.79 Å². The number of hydrogen-bond acceptors (Lipinski definition) is 6. The Morgan fingerprint density at radius 3 is 2.83 bits per heavy atom. The fourth-order valence-electron chi connectivity index (χ4n) is 2.04. The number of carbonyl (C=O) groups excluding carboxylic acids is 1. The number of aromatic nitrogens is 2. The van der Waals surface area contributed by atoms with E-state index in [-0.39, 0.29) is 11.5 Å². The highest BCUT2D eigenvalue weighted by Gasteiger charge is 2.11. The van der Waals surface area contributed by atoms with Crippen LogP contribution in [0.5, 0.6) is 0 Å². The summed E-state index contributed by atoms with van der Waals surface area (Å²) < 4.78 is 13.8. The molecule has 122 valence electrons. The highest BCUT2D eigenvalue weighted by atomic mass is 32.2. The average molecular weight is 359 g/mol. The van der Waals surface area contributed by atoms with E-state index in [1.807, 2.05) is 31.2 Å². The number of ketones is 1. The summed E-state index contributed by atoms with van der Waals surface area (Å²) in [4.78, 5) is 12.1. The molecule has 4 nitrogen and oxygen atoms in total. The van der Waals surface area contributed by atoms with Crippen molar-refractivity contribution in [3.8, 4) is 0 Å². The Labute approximate surface area is 147 Å². The zero-order valence-electron chi connectivity index (χ0n) is 12.8. The lowest BCUT2D eigenvalue weighted by Gasteiger charge is -2.02. The van der Waals surface area contributed by atoms with E-state index in [2.05, 4.69) is 15.5 Å². The van der Waals surface area contributed by atoms with Crippen molar-refractivity contribution in [3.63, 3.8) is 0 Å². The van der Waals surface area contributed by atoms with Gasteiger partial charge in [-0.15, -0.1) is 10.2 Å². The summed E-state index contributed by atoms with van der Waals surface area (Å²) in [5.41, 5.74) is 2.46. The molecule has 0 amide bonds. The SMILES string of the molecule is Cc1cccc(Nc2nnc(SCC(=O)c3cccc(F)c3)s2)c1. The number of hydrogen-bond donors (Lipinski definition) is 1. The molecule has 0 fully saturated rings. The van der Waals surface area contributed by atoms with Gasteiger partial charge in [-0.1, -0.05) is 47.4 Å². The minimum atomic E-state index is -0.411. The second-order valence-electron chi connectivity index (χ2n) is 5.09. The number of anilines is 2. The van der Waals surface area contributed by atoms with Gasteiger partial charge in [0.05, 0.1) is 5.75 Å². The molecule has 3 aromatic rings. The number of aryl methyl sites for hydroxylation is 1. The Balaban J connectivity index is 1.59. The summed E-state index contributed by atoms with van der Waals surface area (Å²) >= 11 is 2.67. The van der Waals surface area contributed by atoms with Crippen LogP contribution in [0, 0.1) is 12.7 Å². The lowest BCUT2D eigenvalue weighted by molar-refractivity contribution is 0.102. The molecular formula is C17H14FN3OS2. The molecule has 7 heteroatoms. The van der Waals surface area contributed by atoms with E-state index >= 15 is 0 Å². The number of benzene rings is 2. The summed E-state index contributed by atoms with van der Waals surface area (Å²) in [5.74, 6) is -0.350. The fourth-order valence-corrected chi connectivity index (χ4v) is 3.70. The van der Waals surface area contributed by atoms with Crippen LogP contribution < -0.4 is 5.32 Å². The van der Waals surface area contributed by atoms with Gasteiger partial charge in [0.1, 0.15) is 5.82 Å². The maximum absolute atomic E-state index is 13.1. The van der Waals surface area contributed by atoms with Crippen LogP contribution >= 0.6 is 23.1 Å². The van der Waals surface area contributed by atoms with Crippen molar-refractivity contribution in [1.29, 1.82) is 0 Å². The van der Waals surface area contributed by atoms with Crippen molar-refractivity contribution in [1.82, 2.24) is 10.2 Å². The second kappa shape index (κ2) is 7.55. The maximum Gasteiger partial charge on any atom is 0.210 e.